The molecule has 2 amide bonds. The van der Waals surface area contributed by atoms with Gasteiger partial charge >= 0.3 is 6.36 Å². The van der Waals surface area contributed by atoms with Gasteiger partial charge in [0.2, 0.25) is 11.8 Å². The van der Waals surface area contributed by atoms with Crippen molar-refractivity contribution in [3.63, 3.8) is 0 Å². The second-order valence-corrected chi connectivity index (χ2v) is 5.92. The number of carbonyl (C=O) groups excluding carboxylic acids is 2. The Bertz CT molecular complexity index is 852. The average molecular weight is 382 g/mol. The van der Waals surface area contributed by atoms with Gasteiger partial charge in [0.15, 0.2) is 0 Å². The highest BCUT2D eigenvalue weighted by Crippen LogP contribution is 2.28. The third-order valence-corrected chi connectivity index (χ3v) is 3.99. The maximum absolute atomic E-state index is 13.9. The number of ether oxygens (including phenoxy) is 1. The smallest absolute Gasteiger partial charge is 0.406 e. The molecule has 1 aliphatic heterocycles. The van der Waals surface area contributed by atoms with Crippen molar-refractivity contribution in [1.82, 2.24) is 0 Å². The van der Waals surface area contributed by atoms with Gasteiger partial charge in [0.25, 0.3) is 0 Å². The SMILES string of the molecule is O=C(Nc1ccc(OC(F)(F)F)cc1)[C@H]1CC(=O)N(c2ccccc2F)C1. The number of rotatable bonds is 4. The molecule has 3 rings (SSSR count). The fraction of sp³-hybridized carbons (Fsp3) is 0.222. The molecule has 9 heteroatoms. The summed E-state index contributed by atoms with van der Waals surface area (Å²) >= 11 is 0. The highest BCUT2D eigenvalue weighted by atomic mass is 19.4. The third-order valence-electron chi connectivity index (χ3n) is 3.99. The molecule has 5 nitrogen and oxygen atoms in total. The molecule has 1 atom stereocenters. The Morgan fingerprint density at radius 3 is 2.41 bits per heavy atom. The largest absolute Gasteiger partial charge is 0.573 e. The number of hydrogen-bond acceptors (Lipinski definition) is 3. The Balaban J connectivity index is 1.64. The molecule has 1 saturated heterocycles. The Morgan fingerprint density at radius 1 is 1.11 bits per heavy atom. The van der Waals surface area contributed by atoms with Crippen molar-refractivity contribution in [2.24, 2.45) is 5.92 Å². The van der Waals surface area contributed by atoms with E-state index in [1.807, 2.05) is 0 Å². The number of nitrogens with zero attached hydrogens (tertiary/aromatic N) is 1. The van der Waals surface area contributed by atoms with Gasteiger partial charge in [-0.25, -0.2) is 4.39 Å². The molecule has 0 unspecified atom stereocenters. The summed E-state index contributed by atoms with van der Waals surface area (Å²) in [6.45, 7) is 0.0148. The van der Waals surface area contributed by atoms with E-state index < -0.39 is 29.8 Å². The lowest BCUT2D eigenvalue weighted by molar-refractivity contribution is -0.274. The lowest BCUT2D eigenvalue weighted by atomic mass is 10.1. The number of hydrogen-bond donors (Lipinski definition) is 1. The van der Waals surface area contributed by atoms with Gasteiger partial charge in [-0.2, -0.15) is 0 Å². The fourth-order valence-corrected chi connectivity index (χ4v) is 2.77. The maximum atomic E-state index is 13.9. The molecule has 0 spiro atoms. The standard InChI is InChI=1S/C18H14F4N2O3/c19-14-3-1-2-4-15(14)24-10-11(9-16(24)25)17(26)23-12-5-7-13(8-6-12)27-18(20,21)22/h1-8,11H,9-10H2,(H,23,26)/t11-/m0/s1. The van der Waals surface area contributed by atoms with Gasteiger partial charge in [-0.15, -0.1) is 13.2 Å². The lowest BCUT2D eigenvalue weighted by Crippen LogP contribution is -2.28. The molecule has 1 fully saturated rings. The number of benzene rings is 2. The lowest BCUT2D eigenvalue weighted by Gasteiger charge is -2.17. The van der Waals surface area contributed by atoms with Crippen LogP contribution < -0.4 is 15.0 Å². The summed E-state index contributed by atoms with van der Waals surface area (Å²) in [6.07, 6.45) is -4.89. The first-order valence-corrected chi connectivity index (χ1v) is 7.94. The van der Waals surface area contributed by atoms with Gasteiger partial charge in [-0.3, -0.25) is 9.59 Å². The minimum atomic E-state index is -4.80. The van der Waals surface area contributed by atoms with Crippen LogP contribution in [0.5, 0.6) is 5.75 Å². The summed E-state index contributed by atoms with van der Waals surface area (Å²) in [5.41, 5.74) is 0.359. The predicted molar refractivity (Wildman–Crippen MR) is 88.6 cm³/mol. The average Bonchev–Trinajstić information content (AvgIpc) is 2.97. The Kier molecular flexibility index (Phi) is 5.02. The van der Waals surface area contributed by atoms with Gasteiger partial charge in [0.05, 0.1) is 11.6 Å². The van der Waals surface area contributed by atoms with Crippen LogP contribution in [0, 0.1) is 11.7 Å². The van der Waals surface area contributed by atoms with Crippen LogP contribution in [0.25, 0.3) is 0 Å². The van der Waals surface area contributed by atoms with E-state index in [1.54, 1.807) is 6.07 Å². The minimum Gasteiger partial charge on any atom is -0.406 e. The highest BCUT2D eigenvalue weighted by Gasteiger charge is 2.36. The number of alkyl halides is 3. The summed E-state index contributed by atoms with van der Waals surface area (Å²) < 4.78 is 54.0. The summed E-state index contributed by atoms with van der Waals surface area (Å²) in [7, 11) is 0. The number of halogens is 4. The van der Waals surface area contributed by atoms with E-state index in [-0.39, 0.29) is 30.2 Å². The molecular formula is C18H14F4N2O3. The fourth-order valence-electron chi connectivity index (χ4n) is 2.77. The molecule has 0 aliphatic carbocycles. The topological polar surface area (TPSA) is 58.6 Å². The Morgan fingerprint density at radius 2 is 1.78 bits per heavy atom. The number of nitrogens with one attached hydrogen (secondary N) is 1. The zero-order valence-corrected chi connectivity index (χ0v) is 13.8. The first-order valence-electron chi connectivity index (χ1n) is 7.94. The molecular weight excluding hydrogens is 368 g/mol. The molecule has 2 aromatic carbocycles. The zero-order chi connectivity index (χ0) is 19.6. The van der Waals surface area contributed by atoms with Crippen LogP contribution in [-0.4, -0.2) is 24.7 Å². The number of para-hydroxylation sites is 1. The van der Waals surface area contributed by atoms with Crippen molar-refractivity contribution < 1.29 is 31.9 Å². The molecule has 2 aromatic rings. The number of anilines is 2. The molecule has 142 valence electrons. The second-order valence-electron chi connectivity index (χ2n) is 5.92. The molecule has 0 radical (unpaired) electrons. The zero-order valence-electron chi connectivity index (χ0n) is 13.8. The predicted octanol–water partition coefficient (Wildman–Crippen LogP) is 3.72. The van der Waals surface area contributed by atoms with E-state index >= 15 is 0 Å². The Labute approximate surface area is 151 Å². The van der Waals surface area contributed by atoms with Crippen molar-refractivity contribution in [3.8, 4) is 5.75 Å². The van der Waals surface area contributed by atoms with Crippen molar-refractivity contribution in [3.05, 3.63) is 54.3 Å². The van der Waals surface area contributed by atoms with Crippen molar-refractivity contribution in [2.45, 2.75) is 12.8 Å². The van der Waals surface area contributed by atoms with Crippen LogP contribution in [0.15, 0.2) is 48.5 Å². The van der Waals surface area contributed by atoms with Gasteiger partial charge in [0, 0.05) is 18.7 Å². The molecule has 27 heavy (non-hydrogen) atoms. The van der Waals surface area contributed by atoms with E-state index in [1.165, 1.54) is 35.2 Å². The van der Waals surface area contributed by atoms with E-state index in [9.17, 15) is 27.2 Å². The van der Waals surface area contributed by atoms with Gasteiger partial charge in [-0.1, -0.05) is 12.1 Å². The van der Waals surface area contributed by atoms with Crippen LogP contribution in [0.1, 0.15) is 6.42 Å². The maximum Gasteiger partial charge on any atom is 0.573 e. The van der Waals surface area contributed by atoms with Crippen LogP contribution >= 0.6 is 0 Å². The van der Waals surface area contributed by atoms with E-state index in [4.69, 9.17) is 0 Å². The molecule has 0 saturated carbocycles. The van der Waals surface area contributed by atoms with Crippen molar-refractivity contribution >= 4 is 23.2 Å². The number of amides is 2. The van der Waals surface area contributed by atoms with Crippen LogP contribution in [0.4, 0.5) is 28.9 Å². The molecule has 0 aromatic heterocycles. The summed E-state index contributed by atoms with van der Waals surface area (Å²) in [5, 5.41) is 2.53. The number of carbonyl (C=O) groups is 2. The summed E-state index contributed by atoms with van der Waals surface area (Å²) in [4.78, 5) is 25.7. The molecule has 0 bridgehead atoms. The first kappa shape index (κ1) is 18.7. The van der Waals surface area contributed by atoms with Gasteiger partial charge < -0.3 is 15.0 Å². The monoisotopic (exact) mass is 382 g/mol. The molecule has 1 N–H and O–H groups in total. The van der Waals surface area contributed by atoms with Crippen molar-refractivity contribution in [2.75, 3.05) is 16.8 Å². The first-order chi connectivity index (χ1) is 12.7. The Hall–Kier alpha value is -3.10. The van der Waals surface area contributed by atoms with Crippen molar-refractivity contribution in [1.29, 1.82) is 0 Å². The summed E-state index contributed by atoms with van der Waals surface area (Å²) in [6, 6.07) is 10.4. The normalized spacial score (nSPS) is 17.1. The van der Waals surface area contributed by atoms with E-state index in [2.05, 4.69) is 10.1 Å². The van der Waals surface area contributed by atoms with Crippen LogP contribution in [0.2, 0.25) is 0 Å². The quantitative estimate of drug-likeness (QED) is 0.820. The highest BCUT2D eigenvalue weighted by molar-refractivity contribution is 6.03. The minimum absolute atomic E-state index is 0.0148. The second kappa shape index (κ2) is 7.26. The van der Waals surface area contributed by atoms with E-state index in [0.29, 0.717) is 0 Å². The molecule has 1 aliphatic rings. The van der Waals surface area contributed by atoms with Gasteiger partial charge in [-0.05, 0) is 36.4 Å². The third kappa shape index (κ3) is 4.55. The van der Waals surface area contributed by atoms with E-state index in [0.717, 1.165) is 12.1 Å². The molecule has 1 heterocycles. The van der Waals surface area contributed by atoms with Gasteiger partial charge in [0.1, 0.15) is 11.6 Å². The van der Waals surface area contributed by atoms with Crippen LogP contribution in [0.3, 0.4) is 0 Å². The summed E-state index contributed by atoms with van der Waals surface area (Å²) in [5.74, 6) is -2.54. The van der Waals surface area contributed by atoms with Crippen LogP contribution in [-0.2, 0) is 9.59 Å².